The summed E-state index contributed by atoms with van der Waals surface area (Å²) in [6, 6.07) is 9.03. The molecule has 0 aliphatic heterocycles. The van der Waals surface area contributed by atoms with Crippen LogP contribution >= 0.6 is 11.8 Å². The molecule has 4 nitrogen and oxygen atoms in total. The summed E-state index contributed by atoms with van der Waals surface area (Å²) in [5, 5.41) is 19.5. The van der Waals surface area contributed by atoms with Crippen LogP contribution in [0.5, 0.6) is 0 Å². The first-order valence-electron chi connectivity index (χ1n) is 11.3. The van der Waals surface area contributed by atoms with Gasteiger partial charge in [0.1, 0.15) is 0 Å². The van der Waals surface area contributed by atoms with Crippen molar-refractivity contribution in [1.29, 1.82) is 5.26 Å². The average Bonchev–Trinajstić information content (AvgIpc) is 2.80. The minimum atomic E-state index is -0.777. The minimum absolute atomic E-state index is 0.204. The predicted octanol–water partition coefficient (Wildman–Crippen LogP) is 6.78. The van der Waals surface area contributed by atoms with Gasteiger partial charge in [0.15, 0.2) is 0 Å². The molecule has 5 heteroatoms. The van der Waals surface area contributed by atoms with Gasteiger partial charge in [-0.05, 0) is 30.5 Å². The molecule has 31 heavy (non-hydrogen) atoms. The lowest BCUT2D eigenvalue weighted by Crippen LogP contribution is -2.14. The summed E-state index contributed by atoms with van der Waals surface area (Å²) < 4.78 is 4.77. The number of unbranched alkanes of at least 4 members (excludes halogenated alkanes) is 7. The number of hydrogen-bond donors (Lipinski definition) is 1. The largest absolute Gasteiger partial charge is 0.465 e. The van der Waals surface area contributed by atoms with Crippen LogP contribution in [0.2, 0.25) is 0 Å². The van der Waals surface area contributed by atoms with Gasteiger partial charge in [0, 0.05) is 12.2 Å². The molecule has 0 amide bonds. The van der Waals surface area contributed by atoms with E-state index in [9.17, 15) is 9.90 Å². The maximum Gasteiger partial charge on any atom is 0.337 e. The number of benzene rings is 1. The molecule has 0 saturated heterocycles. The standard InChI is InChI=1S/C26H37NO3S/c1-3-4-5-6-7-8-9-10-11-12-13-18-24(31-20-15-19-27)25(28)22-16-14-17-23(21-22)26(29)30-2/h11-14,16-18,21,24-25,28H,3-10,15,20H2,1-2H3/b12-11-,18-13+. The molecular formula is C26H37NO3S. The second-order valence-corrected chi connectivity index (χ2v) is 8.81. The van der Waals surface area contributed by atoms with E-state index in [1.807, 2.05) is 18.2 Å². The Kier molecular flexibility index (Phi) is 15.4. The predicted molar refractivity (Wildman–Crippen MR) is 130 cm³/mol. The van der Waals surface area contributed by atoms with Crippen molar-refractivity contribution in [2.75, 3.05) is 12.9 Å². The third kappa shape index (κ3) is 11.8. The van der Waals surface area contributed by atoms with Crippen molar-refractivity contribution in [1.82, 2.24) is 0 Å². The molecule has 0 radical (unpaired) electrons. The number of methoxy groups -OCH3 is 1. The van der Waals surface area contributed by atoms with Crippen LogP contribution in [-0.4, -0.2) is 29.2 Å². The number of nitriles is 1. The van der Waals surface area contributed by atoms with Gasteiger partial charge in [-0.25, -0.2) is 4.79 Å². The van der Waals surface area contributed by atoms with Crippen LogP contribution < -0.4 is 0 Å². The van der Waals surface area contributed by atoms with Crippen molar-refractivity contribution in [2.45, 2.75) is 76.1 Å². The smallest absolute Gasteiger partial charge is 0.337 e. The minimum Gasteiger partial charge on any atom is -0.465 e. The third-order valence-electron chi connectivity index (χ3n) is 5.01. The number of thioether (sulfide) groups is 1. The van der Waals surface area contributed by atoms with Gasteiger partial charge in [-0.1, -0.05) is 81.9 Å². The quantitative estimate of drug-likeness (QED) is 0.173. The molecule has 0 aromatic heterocycles. The van der Waals surface area contributed by atoms with Crippen molar-refractivity contribution in [3.8, 4) is 6.07 Å². The number of nitrogens with zero attached hydrogens (tertiary/aromatic N) is 1. The molecule has 0 fully saturated rings. The van der Waals surface area contributed by atoms with Crippen LogP contribution in [0, 0.1) is 11.3 Å². The Balaban J connectivity index is 2.60. The number of hydrogen-bond acceptors (Lipinski definition) is 5. The molecule has 1 rings (SSSR count). The highest BCUT2D eigenvalue weighted by molar-refractivity contribution is 8.00. The van der Waals surface area contributed by atoms with E-state index in [1.165, 1.54) is 52.1 Å². The molecule has 0 bridgehead atoms. The Labute approximate surface area is 192 Å². The van der Waals surface area contributed by atoms with E-state index in [-0.39, 0.29) is 5.25 Å². The van der Waals surface area contributed by atoms with E-state index in [0.717, 1.165) is 6.42 Å². The second kappa shape index (κ2) is 17.6. The fourth-order valence-corrected chi connectivity index (χ4v) is 4.24. The van der Waals surface area contributed by atoms with Crippen molar-refractivity contribution in [2.24, 2.45) is 0 Å². The number of allylic oxidation sites excluding steroid dienone is 3. The van der Waals surface area contributed by atoms with Gasteiger partial charge >= 0.3 is 5.97 Å². The molecule has 1 aromatic rings. The highest BCUT2D eigenvalue weighted by atomic mass is 32.2. The van der Waals surface area contributed by atoms with E-state index >= 15 is 0 Å². The lowest BCUT2D eigenvalue weighted by molar-refractivity contribution is 0.0600. The van der Waals surface area contributed by atoms with Crippen LogP contribution in [0.25, 0.3) is 0 Å². The fourth-order valence-electron chi connectivity index (χ4n) is 3.22. The Hall–Kier alpha value is -2.03. The number of carbonyl (C=O) groups excluding carboxylic acids is 1. The van der Waals surface area contributed by atoms with Crippen molar-refractivity contribution < 1.29 is 14.6 Å². The van der Waals surface area contributed by atoms with Crippen LogP contribution in [0.1, 0.15) is 86.7 Å². The van der Waals surface area contributed by atoms with E-state index in [4.69, 9.17) is 10.00 Å². The number of ether oxygens (including phenoxy) is 1. The zero-order valence-corrected chi connectivity index (χ0v) is 19.8. The topological polar surface area (TPSA) is 70.3 Å². The summed E-state index contributed by atoms with van der Waals surface area (Å²) in [7, 11) is 1.34. The average molecular weight is 444 g/mol. The molecule has 2 atom stereocenters. The summed E-state index contributed by atoms with van der Waals surface area (Å²) >= 11 is 1.54. The van der Waals surface area contributed by atoms with Crippen LogP contribution in [0.15, 0.2) is 48.6 Å². The number of esters is 1. The molecule has 170 valence electrons. The van der Waals surface area contributed by atoms with Crippen LogP contribution in [0.4, 0.5) is 0 Å². The van der Waals surface area contributed by atoms with Crippen molar-refractivity contribution in [3.05, 3.63) is 59.7 Å². The van der Waals surface area contributed by atoms with Gasteiger partial charge in [0.25, 0.3) is 0 Å². The van der Waals surface area contributed by atoms with Crippen molar-refractivity contribution in [3.63, 3.8) is 0 Å². The summed E-state index contributed by atoms with van der Waals surface area (Å²) in [4.78, 5) is 11.8. The molecule has 0 aliphatic carbocycles. The lowest BCUT2D eigenvalue weighted by atomic mass is 10.0. The third-order valence-corrected chi connectivity index (χ3v) is 6.25. The second-order valence-electron chi connectivity index (χ2n) is 7.53. The molecule has 2 unspecified atom stereocenters. The van der Waals surface area contributed by atoms with Crippen molar-refractivity contribution >= 4 is 17.7 Å². The zero-order valence-electron chi connectivity index (χ0n) is 19.0. The Morgan fingerprint density at radius 3 is 2.65 bits per heavy atom. The summed E-state index contributed by atoms with van der Waals surface area (Å²) in [5.41, 5.74) is 1.08. The Morgan fingerprint density at radius 1 is 1.19 bits per heavy atom. The number of carbonyl (C=O) groups is 1. The Bertz CT molecular complexity index is 724. The molecule has 0 aliphatic rings. The van der Waals surface area contributed by atoms with E-state index in [1.54, 1.807) is 36.0 Å². The molecule has 0 spiro atoms. The SMILES string of the molecule is CCCCCCCCC/C=C\C=C\C(SCCC#N)C(O)c1cccc(C(=O)OC)c1. The van der Waals surface area contributed by atoms with Crippen LogP contribution in [-0.2, 0) is 4.74 Å². The first kappa shape index (κ1) is 27.0. The maximum absolute atomic E-state index is 11.8. The van der Waals surface area contributed by atoms with Crippen LogP contribution in [0.3, 0.4) is 0 Å². The van der Waals surface area contributed by atoms with Gasteiger partial charge < -0.3 is 9.84 Å². The molecule has 0 heterocycles. The highest BCUT2D eigenvalue weighted by Gasteiger charge is 2.20. The lowest BCUT2D eigenvalue weighted by Gasteiger charge is -2.20. The van der Waals surface area contributed by atoms with E-state index in [2.05, 4.69) is 19.1 Å². The van der Waals surface area contributed by atoms with E-state index in [0.29, 0.717) is 23.3 Å². The number of aliphatic hydroxyl groups excluding tert-OH is 1. The summed E-state index contributed by atoms with van der Waals surface area (Å²) in [5.74, 6) is 0.215. The molecular weight excluding hydrogens is 406 g/mol. The fraction of sp³-hybridized carbons (Fsp3) is 0.538. The maximum atomic E-state index is 11.8. The molecule has 0 saturated carbocycles. The van der Waals surface area contributed by atoms with Gasteiger partial charge in [0.2, 0.25) is 0 Å². The Morgan fingerprint density at radius 2 is 1.94 bits per heavy atom. The normalized spacial score (nSPS) is 13.4. The first-order valence-corrected chi connectivity index (χ1v) is 12.4. The monoisotopic (exact) mass is 443 g/mol. The first-order chi connectivity index (χ1) is 15.1. The summed E-state index contributed by atoms with van der Waals surface area (Å²) in [6.07, 6.45) is 18.0. The van der Waals surface area contributed by atoms with Gasteiger partial charge in [0.05, 0.1) is 30.1 Å². The zero-order chi connectivity index (χ0) is 22.7. The van der Waals surface area contributed by atoms with Gasteiger partial charge in [-0.15, -0.1) is 0 Å². The van der Waals surface area contributed by atoms with Gasteiger partial charge in [-0.2, -0.15) is 17.0 Å². The van der Waals surface area contributed by atoms with E-state index < -0.39 is 12.1 Å². The number of rotatable bonds is 16. The summed E-state index contributed by atoms with van der Waals surface area (Å²) in [6.45, 7) is 2.24. The number of aliphatic hydroxyl groups is 1. The van der Waals surface area contributed by atoms with Gasteiger partial charge in [-0.3, -0.25) is 0 Å². The highest BCUT2D eigenvalue weighted by Crippen LogP contribution is 2.29. The molecule has 1 N–H and O–H groups in total. The molecule has 1 aromatic carbocycles.